The van der Waals surface area contributed by atoms with E-state index < -0.39 is 5.82 Å². The first kappa shape index (κ1) is 12.6. The Balaban J connectivity index is 2.18. The molecule has 0 fully saturated rings. The van der Waals surface area contributed by atoms with E-state index in [2.05, 4.69) is 27.4 Å². The molecule has 0 saturated heterocycles. The van der Waals surface area contributed by atoms with Crippen LogP contribution in [0, 0.1) is 5.82 Å². The van der Waals surface area contributed by atoms with Crippen molar-refractivity contribution in [2.75, 3.05) is 6.54 Å². The van der Waals surface area contributed by atoms with Gasteiger partial charge in [-0.05, 0) is 26.0 Å². The SMILES string of the molecule is CCCNC(C)c1nnc(-c2ccncc2F)o1. The first-order valence-corrected chi connectivity index (χ1v) is 5.89. The van der Waals surface area contributed by atoms with E-state index in [4.69, 9.17) is 4.42 Å². The fourth-order valence-corrected chi connectivity index (χ4v) is 1.52. The Morgan fingerprint density at radius 3 is 3.00 bits per heavy atom. The van der Waals surface area contributed by atoms with Crippen molar-refractivity contribution < 1.29 is 8.81 Å². The van der Waals surface area contributed by atoms with Crippen LogP contribution in [0.3, 0.4) is 0 Å². The molecule has 0 radical (unpaired) electrons. The highest BCUT2D eigenvalue weighted by Gasteiger charge is 2.16. The smallest absolute Gasteiger partial charge is 0.250 e. The third-order valence-electron chi connectivity index (χ3n) is 2.51. The van der Waals surface area contributed by atoms with Gasteiger partial charge in [-0.3, -0.25) is 4.98 Å². The molecule has 1 atom stereocenters. The van der Waals surface area contributed by atoms with Crippen LogP contribution in [-0.4, -0.2) is 21.7 Å². The molecule has 0 aliphatic carbocycles. The van der Waals surface area contributed by atoms with Crippen LogP contribution < -0.4 is 5.32 Å². The molecule has 5 nitrogen and oxygen atoms in total. The Kier molecular flexibility index (Phi) is 3.99. The van der Waals surface area contributed by atoms with E-state index in [9.17, 15) is 4.39 Å². The second-order valence-corrected chi connectivity index (χ2v) is 3.98. The first-order valence-electron chi connectivity index (χ1n) is 5.89. The van der Waals surface area contributed by atoms with E-state index in [1.165, 1.54) is 12.3 Å². The maximum Gasteiger partial charge on any atom is 0.250 e. The van der Waals surface area contributed by atoms with Crippen molar-refractivity contribution in [2.24, 2.45) is 0 Å². The molecular weight excluding hydrogens is 235 g/mol. The molecule has 0 bridgehead atoms. The highest BCUT2D eigenvalue weighted by atomic mass is 19.1. The summed E-state index contributed by atoms with van der Waals surface area (Å²) in [7, 11) is 0. The standard InChI is InChI=1S/C12H15FN4O/c1-3-5-15-8(2)11-16-17-12(18-11)9-4-6-14-7-10(9)13/h4,6-8,15H,3,5H2,1-2H3. The number of nitrogens with one attached hydrogen (secondary N) is 1. The molecule has 2 heterocycles. The van der Waals surface area contributed by atoms with Crippen LogP contribution in [0.15, 0.2) is 22.9 Å². The Bertz CT molecular complexity index is 514. The Morgan fingerprint density at radius 2 is 2.28 bits per heavy atom. The summed E-state index contributed by atoms with van der Waals surface area (Å²) < 4.78 is 18.9. The molecule has 18 heavy (non-hydrogen) atoms. The Morgan fingerprint density at radius 1 is 1.44 bits per heavy atom. The van der Waals surface area contributed by atoms with Crippen LogP contribution in [0.2, 0.25) is 0 Å². The zero-order valence-corrected chi connectivity index (χ0v) is 10.4. The number of nitrogens with zero attached hydrogens (tertiary/aromatic N) is 3. The largest absolute Gasteiger partial charge is 0.419 e. The second kappa shape index (κ2) is 5.68. The maximum absolute atomic E-state index is 13.5. The first-order chi connectivity index (χ1) is 8.72. The molecule has 96 valence electrons. The molecule has 0 saturated carbocycles. The van der Waals surface area contributed by atoms with Crippen LogP contribution in [0.25, 0.3) is 11.5 Å². The zero-order chi connectivity index (χ0) is 13.0. The highest BCUT2D eigenvalue weighted by Crippen LogP contribution is 2.22. The summed E-state index contributed by atoms with van der Waals surface area (Å²) in [5.41, 5.74) is 0.270. The van der Waals surface area contributed by atoms with Gasteiger partial charge in [0.1, 0.15) is 0 Å². The number of rotatable bonds is 5. The van der Waals surface area contributed by atoms with Crippen LogP contribution in [0.4, 0.5) is 4.39 Å². The van der Waals surface area contributed by atoms with E-state index in [0.717, 1.165) is 19.2 Å². The minimum Gasteiger partial charge on any atom is -0.419 e. The lowest BCUT2D eigenvalue weighted by Gasteiger charge is -2.07. The van der Waals surface area contributed by atoms with Crippen molar-refractivity contribution in [3.63, 3.8) is 0 Å². The summed E-state index contributed by atoms with van der Waals surface area (Å²) in [6, 6.07) is 1.47. The molecular formula is C12H15FN4O. The highest BCUT2D eigenvalue weighted by molar-refractivity contribution is 5.52. The molecule has 2 rings (SSSR count). The number of aromatic nitrogens is 3. The summed E-state index contributed by atoms with van der Waals surface area (Å²) >= 11 is 0. The van der Waals surface area contributed by atoms with Crippen LogP contribution in [0.1, 0.15) is 32.2 Å². The molecule has 2 aromatic heterocycles. The molecule has 1 N–H and O–H groups in total. The van der Waals surface area contributed by atoms with Gasteiger partial charge in [0.2, 0.25) is 5.89 Å². The summed E-state index contributed by atoms with van der Waals surface area (Å²) in [6.07, 6.45) is 3.63. The van der Waals surface area contributed by atoms with Gasteiger partial charge in [-0.1, -0.05) is 6.92 Å². The lowest BCUT2D eigenvalue weighted by Crippen LogP contribution is -2.19. The average Bonchev–Trinajstić information content (AvgIpc) is 2.86. The van der Waals surface area contributed by atoms with Gasteiger partial charge < -0.3 is 9.73 Å². The molecule has 1 unspecified atom stereocenters. The van der Waals surface area contributed by atoms with Crippen LogP contribution in [0.5, 0.6) is 0 Å². The van der Waals surface area contributed by atoms with Crippen molar-refractivity contribution >= 4 is 0 Å². The van der Waals surface area contributed by atoms with E-state index in [1.54, 1.807) is 0 Å². The summed E-state index contributed by atoms with van der Waals surface area (Å²) in [4.78, 5) is 3.68. The quantitative estimate of drug-likeness (QED) is 0.882. The number of halogens is 1. The van der Waals surface area contributed by atoms with Crippen molar-refractivity contribution in [2.45, 2.75) is 26.3 Å². The third kappa shape index (κ3) is 2.70. The summed E-state index contributed by atoms with van der Waals surface area (Å²) in [5.74, 6) is 0.159. The molecule has 0 spiro atoms. The zero-order valence-electron chi connectivity index (χ0n) is 10.4. The molecule has 0 aliphatic heterocycles. The van der Waals surface area contributed by atoms with E-state index in [-0.39, 0.29) is 17.5 Å². The minimum atomic E-state index is -0.470. The van der Waals surface area contributed by atoms with Crippen molar-refractivity contribution in [1.29, 1.82) is 0 Å². The number of hydrogen-bond donors (Lipinski definition) is 1. The predicted octanol–water partition coefficient (Wildman–Crippen LogP) is 2.33. The summed E-state index contributed by atoms with van der Waals surface area (Å²) in [5, 5.41) is 11.0. The number of hydrogen-bond acceptors (Lipinski definition) is 5. The van der Waals surface area contributed by atoms with Crippen LogP contribution >= 0.6 is 0 Å². The molecule has 0 aliphatic rings. The van der Waals surface area contributed by atoms with Crippen molar-refractivity contribution in [1.82, 2.24) is 20.5 Å². The van der Waals surface area contributed by atoms with Gasteiger partial charge in [0.15, 0.2) is 5.82 Å². The third-order valence-corrected chi connectivity index (χ3v) is 2.51. The van der Waals surface area contributed by atoms with Crippen LogP contribution in [-0.2, 0) is 0 Å². The fourth-order valence-electron chi connectivity index (χ4n) is 1.52. The van der Waals surface area contributed by atoms with Gasteiger partial charge in [0, 0.05) is 6.20 Å². The monoisotopic (exact) mass is 250 g/mol. The van der Waals surface area contributed by atoms with Gasteiger partial charge in [-0.25, -0.2) is 4.39 Å². The topological polar surface area (TPSA) is 63.8 Å². The number of pyridine rings is 1. The minimum absolute atomic E-state index is 0.0453. The molecule has 0 aromatic carbocycles. The lowest BCUT2D eigenvalue weighted by molar-refractivity contribution is 0.422. The van der Waals surface area contributed by atoms with Gasteiger partial charge >= 0.3 is 0 Å². The van der Waals surface area contributed by atoms with Gasteiger partial charge in [0.25, 0.3) is 5.89 Å². The van der Waals surface area contributed by atoms with E-state index in [1.807, 2.05) is 6.92 Å². The van der Waals surface area contributed by atoms with E-state index in [0.29, 0.717) is 5.89 Å². The normalized spacial score (nSPS) is 12.6. The van der Waals surface area contributed by atoms with Gasteiger partial charge in [0.05, 0.1) is 17.8 Å². The summed E-state index contributed by atoms with van der Waals surface area (Å²) in [6.45, 7) is 4.86. The Labute approximate surface area is 104 Å². The van der Waals surface area contributed by atoms with Crippen molar-refractivity contribution in [3.05, 3.63) is 30.2 Å². The average molecular weight is 250 g/mol. The van der Waals surface area contributed by atoms with Gasteiger partial charge in [-0.2, -0.15) is 0 Å². The van der Waals surface area contributed by atoms with E-state index >= 15 is 0 Å². The lowest BCUT2D eigenvalue weighted by atomic mass is 10.2. The van der Waals surface area contributed by atoms with Gasteiger partial charge in [-0.15, -0.1) is 10.2 Å². The molecule has 0 amide bonds. The second-order valence-electron chi connectivity index (χ2n) is 3.98. The Hall–Kier alpha value is -1.82. The molecule has 2 aromatic rings. The fraction of sp³-hybridized carbons (Fsp3) is 0.417. The maximum atomic E-state index is 13.5. The molecule has 6 heteroatoms. The predicted molar refractivity (Wildman–Crippen MR) is 64.2 cm³/mol. The van der Waals surface area contributed by atoms with Crippen molar-refractivity contribution in [3.8, 4) is 11.5 Å².